The van der Waals surface area contributed by atoms with Crippen LogP contribution in [0.25, 0.3) is 0 Å². The van der Waals surface area contributed by atoms with E-state index in [1.165, 1.54) is 25.7 Å². The molecule has 0 aromatic heterocycles. The smallest absolute Gasteiger partial charge is 0.0405 e. The van der Waals surface area contributed by atoms with Crippen LogP contribution >= 0.6 is 11.6 Å². The fourth-order valence-corrected chi connectivity index (χ4v) is 0.810. The topological polar surface area (TPSA) is 0 Å². The number of rotatable bonds is 0. The molecule has 0 N–H and O–H groups in total. The van der Waals surface area contributed by atoms with Crippen molar-refractivity contribution >= 4 is 11.6 Å². The normalized spacial score (nSPS) is 14.3. The van der Waals surface area contributed by atoms with Crippen LogP contribution in [0, 0.1) is 0 Å². The van der Waals surface area contributed by atoms with E-state index in [9.17, 15) is 0 Å². The zero-order valence-electron chi connectivity index (χ0n) is 6.59. The summed E-state index contributed by atoms with van der Waals surface area (Å²) < 4.78 is 0. The van der Waals surface area contributed by atoms with Gasteiger partial charge in [-0.3, -0.25) is 0 Å². The van der Waals surface area contributed by atoms with E-state index in [0.717, 1.165) is 5.02 Å². The van der Waals surface area contributed by atoms with Crippen molar-refractivity contribution in [2.24, 2.45) is 0 Å². The summed E-state index contributed by atoms with van der Waals surface area (Å²) in [7, 11) is 0. The highest BCUT2D eigenvalue weighted by atomic mass is 35.5. The Kier molecular flexibility index (Phi) is 4.07. The van der Waals surface area contributed by atoms with Gasteiger partial charge in [0.2, 0.25) is 0 Å². The second kappa shape index (κ2) is 5.20. The van der Waals surface area contributed by atoms with Crippen molar-refractivity contribution in [2.75, 3.05) is 0 Å². The van der Waals surface area contributed by atoms with Crippen LogP contribution in [-0.2, 0) is 0 Å². The quantitative estimate of drug-likeness (QED) is 0.551. The molecule has 0 radical (unpaired) electrons. The minimum absolute atomic E-state index is 0.794. The first-order chi connectivity index (χ1) is 5.39. The highest BCUT2D eigenvalue weighted by molar-refractivity contribution is 6.30. The van der Waals surface area contributed by atoms with Crippen LogP contribution in [0.1, 0.15) is 25.7 Å². The Morgan fingerprint density at radius 3 is 1.45 bits per heavy atom. The van der Waals surface area contributed by atoms with Crippen molar-refractivity contribution in [1.29, 1.82) is 0 Å². The molecule has 1 saturated carbocycles. The summed E-state index contributed by atoms with van der Waals surface area (Å²) in [6, 6.07) is 9.44. The molecule has 0 heterocycles. The molecule has 11 heavy (non-hydrogen) atoms. The summed E-state index contributed by atoms with van der Waals surface area (Å²) in [5.41, 5.74) is 0. The first-order valence-corrected chi connectivity index (χ1v) is 4.48. The van der Waals surface area contributed by atoms with Gasteiger partial charge in [0.15, 0.2) is 0 Å². The van der Waals surface area contributed by atoms with Crippen molar-refractivity contribution in [2.45, 2.75) is 25.7 Å². The lowest BCUT2D eigenvalue weighted by Gasteiger charge is -2.05. The summed E-state index contributed by atoms with van der Waals surface area (Å²) in [6.07, 6.45) is 6.00. The van der Waals surface area contributed by atoms with E-state index < -0.39 is 0 Å². The van der Waals surface area contributed by atoms with Crippen molar-refractivity contribution in [3.63, 3.8) is 0 Å². The second-order valence-electron chi connectivity index (χ2n) is 2.71. The molecule has 0 bridgehead atoms. The highest BCUT2D eigenvalue weighted by Crippen LogP contribution is 2.15. The molecule has 0 unspecified atom stereocenters. The minimum Gasteiger partial charge on any atom is -0.0843 e. The van der Waals surface area contributed by atoms with E-state index in [4.69, 9.17) is 11.6 Å². The average Bonchev–Trinajstić information content (AvgIpc) is 1.85. The first kappa shape index (κ1) is 8.61. The van der Waals surface area contributed by atoms with Crippen molar-refractivity contribution in [1.82, 2.24) is 0 Å². The third-order valence-corrected chi connectivity index (χ3v) is 1.99. The number of hydrogen-bond acceptors (Lipinski definition) is 0. The van der Waals surface area contributed by atoms with Gasteiger partial charge in [-0.1, -0.05) is 55.5 Å². The van der Waals surface area contributed by atoms with Crippen LogP contribution in [-0.4, -0.2) is 0 Å². The SMILES string of the molecule is C1CCC1.Clc1ccccc1. The van der Waals surface area contributed by atoms with E-state index in [-0.39, 0.29) is 0 Å². The summed E-state index contributed by atoms with van der Waals surface area (Å²) in [6.45, 7) is 0. The molecule has 0 spiro atoms. The number of halogens is 1. The molecule has 0 aliphatic heterocycles. The van der Waals surface area contributed by atoms with Crippen LogP contribution in [0.15, 0.2) is 30.3 Å². The maximum atomic E-state index is 5.54. The minimum atomic E-state index is 0.794. The number of benzene rings is 1. The standard InChI is InChI=1S/C6H5Cl.C4H8/c7-6-4-2-1-3-5-6;1-2-4-3-1/h1-5H;1-4H2. The maximum Gasteiger partial charge on any atom is 0.0405 e. The fraction of sp³-hybridized carbons (Fsp3) is 0.400. The molecule has 2 rings (SSSR count). The predicted molar refractivity (Wildman–Crippen MR) is 49.9 cm³/mol. The molecule has 0 amide bonds. The van der Waals surface area contributed by atoms with Gasteiger partial charge in [0.05, 0.1) is 0 Å². The lowest BCUT2D eigenvalue weighted by molar-refractivity contribution is 0.504. The summed E-state index contributed by atoms with van der Waals surface area (Å²) in [4.78, 5) is 0. The van der Waals surface area contributed by atoms with E-state index in [2.05, 4.69) is 0 Å². The molecule has 0 atom stereocenters. The molecule has 1 aliphatic rings. The van der Waals surface area contributed by atoms with Crippen LogP contribution < -0.4 is 0 Å². The average molecular weight is 169 g/mol. The Morgan fingerprint density at radius 2 is 1.27 bits per heavy atom. The maximum absolute atomic E-state index is 5.54. The van der Waals surface area contributed by atoms with Gasteiger partial charge >= 0.3 is 0 Å². The summed E-state index contributed by atoms with van der Waals surface area (Å²) >= 11 is 5.54. The van der Waals surface area contributed by atoms with Gasteiger partial charge in [0.1, 0.15) is 0 Å². The predicted octanol–water partition coefficient (Wildman–Crippen LogP) is 3.90. The fourth-order valence-electron chi connectivity index (χ4n) is 0.665. The summed E-state index contributed by atoms with van der Waals surface area (Å²) in [5.74, 6) is 0. The molecule has 60 valence electrons. The van der Waals surface area contributed by atoms with Crippen molar-refractivity contribution in [3.05, 3.63) is 35.4 Å². The van der Waals surface area contributed by atoms with Gasteiger partial charge < -0.3 is 0 Å². The Bertz CT molecular complexity index is 173. The molecule has 0 saturated heterocycles. The zero-order chi connectivity index (χ0) is 7.94. The third-order valence-electron chi connectivity index (χ3n) is 1.73. The molecule has 1 aliphatic carbocycles. The van der Waals surface area contributed by atoms with Crippen molar-refractivity contribution in [3.8, 4) is 0 Å². The van der Waals surface area contributed by atoms with E-state index in [1.807, 2.05) is 30.3 Å². The van der Waals surface area contributed by atoms with Gasteiger partial charge in [-0.05, 0) is 12.1 Å². The zero-order valence-corrected chi connectivity index (χ0v) is 7.35. The molecule has 1 aromatic carbocycles. The molecule has 1 aromatic rings. The summed E-state index contributed by atoms with van der Waals surface area (Å²) in [5, 5.41) is 0.794. The third kappa shape index (κ3) is 4.05. The molecule has 0 nitrogen and oxygen atoms in total. The Morgan fingerprint density at radius 1 is 0.818 bits per heavy atom. The Balaban J connectivity index is 0.000000128. The Labute approximate surface area is 73.2 Å². The van der Waals surface area contributed by atoms with Gasteiger partial charge in [0.25, 0.3) is 0 Å². The van der Waals surface area contributed by atoms with Gasteiger partial charge in [-0.2, -0.15) is 0 Å². The number of hydrogen-bond donors (Lipinski definition) is 0. The highest BCUT2D eigenvalue weighted by Gasteiger charge is 1.95. The first-order valence-electron chi connectivity index (χ1n) is 4.10. The van der Waals surface area contributed by atoms with Crippen LogP contribution in [0.2, 0.25) is 5.02 Å². The Hall–Kier alpha value is -0.490. The van der Waals surface area contributed by atoms with Crippen LogP contribution in [0.4, 0.5) is 0 Å². The van der Waals surface area contributed by atoms with E-state index in [0.29, 0.717) is 0 Å². The van der Waals surface area contributed by atoms with Crippen LogP contribution in [0.5, 0.6) is 0 Å². The van der Waals surface area contributed by atoms with Gasteiger partial charge in [0, 0.05) is 5.02 Å². The van der Waals surface area contributed by atoms with Gasteiger partial charge in [-0.15, -0.1) is 0 Å². The van der Waals surface area contributed by atoms with E-state index in [1.54, 1.807) is 0 Å². The largest absolute Gasteiger partial charge is 0.0843 e. The molecular formula is C10H13Cl. The van der Waals surface area contributed by atoms with Gasteiger partial charge in [-0.25, -0.2) is 0 Å². The molecule has 1 fully saturated rings. The van der Waals surface area contributed by atoms with Crippen LogP contribution in [0.3, 0.4) is 0 Å². The van der Waals surface area contributed by atoms with Crippen molar-refractivity contribution < 1.29 is 0 Å². The van der Waals surface area contributed by atoms with E-state index >= 15 is 0 Å². The monoisotopic (exact) mass is 168 g/mol. The lowest BCUT2D eigenvalue weighted by atomic mass is 10.0. The molecular weight excluding hydrogens is 156 g/mol. The second-order valence-corrected chi connectivity index (χ2v) is 3.15. The lowest BCUT2D eigenvalue weighted by Crippen LogP contribution is -1.85. The molecule has 1 heteroatoms.